The van der Waals surface area contributed by atoms with Gasteiger partial charge in [0.05, 0.1) is 22.4 Å². The van der Waals surface area contributed by atoms with E-state index in [4.69, 9.17) is 10.5 Å². The van der Waals surface area contributed by atoms with Crippen molar-refractivity contribution in [2.24, 2.45) is 17.6 Å². The summed E-state index contributed by atoms with van der Waals surface area (Å²) in [6.07, 6.45) is 1.98. The Morgan fingerprint density at radius 3 is 2.90 bits per heavy atom. The molecule has 0 spiro atoms. The maximum absolute atomic E-state index is 10.1. The predicted molar refractivity (Wildman–Crippen MR) is 83.1 cm³/mol. The van der Waals surface area contributed by atoms with Crippen LogP contribution in [0.1, 0.15) is 20.3 Å². The molecule has 0 fully saturated rings. The Hall–Kier alpha value is -1.17. The molecule has 0 aliphatic rings. The SMILES string of the molecule is CC(C)C(CN)CC(O)COc1cccc2sncc12. The van der Waals surface area contributed by atoms with Crippen molar-refractivity contribution >= 4 is 21.6 Å². The summed E-state index contributed by atoms with van der Waals surface area (Å²) < 4.78 is 11.0. The van der Waals surface area contributed by atoms with Crippen molar-refractivity contribution in [2.75, 3.05) is 13.2 Å². The van der Waals surface area contributed by atoms with E-state index in [-0.39, 0.29) is 6.61 Å². The van der Waals surface area contributed by atoms with Crippen molar-refractivity contribution in [1.82, 2.24) is 4.37 Å². The molecule has 2 atom stereocenters. The van der Waals surface area contributed by atoms with Crippen LogP contribution in [0.3, 0.4) is 0 Å². The second-order valence-electron chi connectivity index (χ2n) is 5.43. The van der Waals surface area contributed by atoms with Crippen LogP contribution >= 0.6 is 11.5 Å². The molecular weight excluding hydrogens is 272 g/mol. The summed E-state index contributed by atoms with van der Waals surface area (Å²) in [4.78, 5) is 0. The summed E-state index contributed by atoms with van der Waals surface area (Å²) >= 11 is 1.44. The van der Waals surface area contributed by atoms with E-state index >= 15 is 0 Å². The Bertz CT molecular complexity index is 541. The third-order valence-electron chi connectivity index (χ3n) is 3.61. The number of aliphatic hydroxyl groups excluding tert-OH is 1. The van der Waals surface area contributed by atoms with Crippen molar-refractivity contribution in [1.29, 1.82) is 0 Å². The number of nitrogens with zero attached hydrogens (tertiary/aromatic N) is 1. The Balaban J connectivity index is 1.93. The smallest absolute Gasteiger partial charge is 0.129 e. The lowest BCUT2D eigenvalue weighted by atomic mass is 9.90. The van der Waals surface area contributed by atoms with Crippen LogP contribution in [0.2, 0.25) is 0 Å². The third kappa shape index (κ3) is 3.69. The van der Waals surface area contributed by atoms with Crippen LogP contribution in [0.4, 0.5) is 0 Å². The van der Waals surface area contributed by atoms with Crippen LogP contribution in [-0.2, 0) is 0 Å². The van der Waals surface area contributed by atoms with Gasteiger partial charge in [-0.1, -0.05) is 19.9 Å². The molecule has 1 aromatic heterocycles. The van der Waals surface area contributed by atoms with E-state index < -0.39 is 6.10 Å². The molecule has 0 saturated carbocycles. The highest BCUT2D eigenvalue weighted by atomic mass is 32.1. The van der Waals surface area contributed by atoms with Crippen LogP contribution < -0.4 is 10.5 Å². The molecule has 0 amide bonds. The summed E-state index contributed by atoms with van der Waals surface area (Å²) in [6.45, 7) is 5.14. The van der Waals surface area contributed by atoms with Crippen LogP contribution in [0.5, 0.6) is 5.75 Å². The molecule has 0 saturated heterocycles. The standard InChI is InChI=1S/C15H22N2O2S/c1-10(2)11(7-16)6-12(18)9-19-14-4-3-5-15-13(14)8-17-20-15/h3-5,8,10-12,18H,6-7,9,16H2,1-2H3. The zero-order valence-corrected chi connectivity index (χ0v) is 12.8. The zero-order valence-electron chi connectivity index (χ0n) is 12.0. The molecule has 4 nitrogen and oxygen atoms in total. The highest BCUT2D eigenvalue weighted by Gasteiger charge is 2.17. The van der Waals surface area contributed by atoms with E-state index in [1.807, 2.05) is 18.2 Å². The fourth-order valence-electron chi connectivity index (χ4n) is 2.24. The number of aromatic nitrogens is 1. The van der Waals surface area contributed by atoms with Crippen LogP contribution in [-0.4, -0.2) is 28.7 Å². The van der Waals surface area contributed by atoms with Crippen molar-refractivity contribution in [3.05, 3.63) is 24.4 Å². The number of aliphatic hydroxyl groups is 1. The summed E-state index contributed by atoms with van der Waals surface area (Å²) in [5, 5.41) is 11.1. The third-order valence-corrected chi connectivity index (χ3v) is 4.37. The molecule has 2 unspecified atom stereocenters. The first kappa shape index (κ1) is 15.2. The highest BCUT2D eigenvalue weighted by Crippen LogP contribution is 2.28. The normalized spacial score (nSPS) is 14.7. The molecule has 2 aromatic rings. The van der Waals surface area contributed by atoms with Crippen LogP contribution in [0.15, 0.2) is 24.4 Å². The maximum atomic E-state index is 10.1. The van der Waals surface area contributed by atoms with Gasteiger partial charge in [-0.3, -0.25) is 0 Å². The lowest BCUT2D eigenvalue weighted by Crippen LogP contribution is -2.28. The fourth-order valence-corrected chi connectivity index (χ4v) is 2.90. The summed E-state index contributed by atoms with van der Waals surface area (Å²) in [5.41, 5.74) is 5.73. The summed E-state index contributed by atoms with van der Waals surface area (Å²) in [5.74, 6) is 1.58. The minimum atomic E-state index is -0.493. The Morgan fingerprint density at radius 1 is 1.40 bits per heavy atom. The molecule has 1 heterocycles. The van der Waals surface area contributed by atoms with E-state index in [2.05, 4.69) is 18.2 Å². The molecular formula is C15H22N2O2S. The van der Waals surface area contributed by atoms with Crippen molar-refractivity contribution in [3.8, 4) is 5.75 Å². The lowest BCUT2D eigenvalue weighted by Gasteiger charge is -2.22. The molecule has 3 N–H and O–H groups in total. The van der Waals surface area contributed by atoms with Crippen molar-refractivity contribution < 1.29 is 9.84 Å². The number of rotatable bonds is 7. The molecule has 20 heavy (non-hydrogen) atoms. The Morgan fingerprint density at radius 2 is 2.20 bits per heavy atom. The topological polar surface area (TPSA) is 68.4 Å². The fraction of sp³-hybridized carbons (Fsp3) is 0.533. The zero-order chi connectivity index (χ0) is 14.5. The lowest BCUT2D eigenvalue weighted by molar-refractivity contribution is 0.0791. The first-order chi connectivity index (χ1) is 9.61. The van der Waals surface area contributed by atoms with Crippen LogP contribution in [0.25, 0.3) is 10.1 Å². The quantitative estimate of drug-likeness (QED) is 0.824. The average molecular weight is 294 g/mol. The largest absolute Gasteiger partial charge is 0.490 e. The Labute approximate surface area is 123 Å². The summed E-state index contributed by atoms with van der Waals surface area (Å²) in [6, 6.07) is 5.87. The van der Waals surface area contributed by atoms with Gasteiger partial charge in [0.2, 0.25) is 0 Å². The number of benzene rings is 1. The van der Waals surface area contributed by atoms with Gasteiger partial charge in [0.1, 0.15) is 12.4 Å². The first-order valence-corrected chi connectivity index (χ1v) is 7.73. The number of ether oxygens (including phenoxy) is 1. The highest BCUT2D eigenvalue weighted by molar-refractivity contribution is 7.13. The van der Waals surface area contributed by atoms with Gasteiger partial charge in [-0.15, -0.1) is 0 Å². The van der Waals surface area contributed by atoms with Crippen LogP contribution in [0, 0.1) is 11.8 Å². The van der Waals surface area contributed by atoms with Gasteiger partial charge in [0.15, 0.2) is 0 Å². The molecule has 1 aromatic carbocycles. The van der Waals surface area contributed by atoms with Gasteiger partial charge < -0.3 is 15.6 Å². The van der Waals surface area contributed by atoms with Crippen molar-refractivity contribution in [2.45, 2.75) is 26.4 Å². The monoisotopic (exact) mass is 294 g/mol. The molecule has 0 bridgehead atoms. The van der Waals surface area contributed by atoms with Crippen molar-refractivity contribution in [3.63, 3.8) is 0 Å². The van der Waals surface area contributed by atoms with E-state index in [0.29, 0.717) is 24.8 Å². The molecule has 110 valence electrons. The maximum Gasteiger partial charge on any atom is 0.129 e. The second kappa shape index (κ2) is 7.02. The molecule has 0 aliphatic heterocycles. The van der Waals surface area contributed by atoms with Gasteiger partial charge in [-0.05, 0) is 48.5 Å². The number of hydrogen-bond donors (Lipinski definition) is 2. The summed E-state index contributed by atoms with van der Waals surface area (Å²) in [7, 11) is 0. The van der Waals surface area contributed by atoms with Gasteiger partial charge in [0, 0.05) is 0 Å². The minimum absolute atomic E-state index is 0.290. The first-order valence-electron chi connectivity index (χ1n) is 6.96. The molecule has 0 aliphatic carbocycles. The number of nitrogens with two attached hydrogens (primary N) is 1. The number of hydrogen-bond acceptors (Lipinski definition) is 5. The molecule has 2 rings (SSSR count). The van der Waals surface area contributed by atoms with Gasteiger partial charge in [-0.2, -0.15) is 4.37 Å². The van der Waals surface area contributed by atoms with Gasteiger partial charge in [-0.25, -0.2) is 0 Å². The molecule has 5 heteroatoms. The molecule has 0 radical (unpaired) electrons. The van der Waals surface area contributed by atoms with E-state index in [0.717, 1.165) is 15.8 Å². The van der Waals surface area contributed by atoms with E-state index in [1.165, 1.54) is 11.5 Å². The van der Waals surface area contributed by atoms with Gasteiger partial charge in [0.25, 0.3) is 0 Å². The Kier molecular flexibility index (Phi) is 5.34. The van der Waals surface area contributed by atoms with E-state index in [1.54, 1.807) is 6.20 Å². The number of fused-ring (bicyclic) bond motifs is 1. The average Bonchev–Trinajstić information content (AvgIpc) is 2.91. The van der Waals surface area contributed by atoms with Gasteiger partial charge >= 0.3 is 0 Å². The second-order valence-corrected chi connectivity index (χ2v) is 6.27. The predicted octanol–water partition coefficient (Wildman–Crippen LogP) is 2.66. The van der Waals surface area contributed by atoms with E-state index in [9.17, 15) is 5.11 Å². The minimum Gasteiger partial charge on any atom is -0.490 e.